The Labute approximate surface area is 241 Å². The normalized spacial score (nSPS) is 23.5. The lowest BCUT2D eigenvalue weighted by Gasteiger charge is -2.52. The molecule has 1 saturated heterocycles. The Hall–Kier alpha value is -5.11. The van der Waals surface area contributed by atoms with Crippen molar-refractivity contribution in [2.75, 3.05) is 12.0 Å². The van der Waals surface area contributed by atoms with E-state index in [1.54, 1.807) is 25.5 Å². The first-order valence-corrected chi connectivity index (χ1v) is 13.7. The number of halogens is 1. The molecule has 0 unspecified atom stereocenters. The third-order valence-corrected chi connectivity index (χ3v) is 8.75. The Bertz CT molecular complexity index is 1720. The summed E-state index contributed by atoms with van der Waals surface area (Å²) in [6.07, 6.45) is 1.73. The summed E-state index contributed by atoms with van der Waals surface area (Å²) in [7, 11) is 1.58. The maximum Gasteiger partial charge on any atom is 0.244 e. The zero-order valence-corrected chi connectivity index (χ0v) is 22.7. The lowest BCUT2D eigenvalue weighted by atomic mass is 9.47. The number of hydrazone groups is 1. The number of imide groups is 1. The van der Waals surface area contributed by atoms with Gasteiger partial charge in [0.1, 0.15) is 11.6 Å². The summed E-state index contributed by atoms with van der Waals surface area (Å²) >= 11 is 0. The SMILES string of the molecule is COc1ccc(CC(=O)N/N=C\C23c4ccccc4C(c4ccccc42)[C@@H]2C(=O)N(c4ccc(F)cc4)C(=O)[C@H]23)cc1. The van der Waals surface area contributed by atoms with Gasteiger partial charge in [-0.25, -0.2) is 14.7 Å². The number of hydrogen-bond donors (Lipinski definition) is 1. The molecule has 208 valence electrons. The van der Waals surface area contributed by atoms with Gasteiger partial charge in [0, 0.05) is 12.1 Å². The molecule has 0 saturated carbocycles. The van der Waals surface area contributed by atoms with Crippen LogP contribution in [-0.2, 0) is 26.2 Å². The summed E-state index contributed by atoms with van der Waals surface area (Å²) in [6, 6.07) is 28.2. The van der Waals surface area contributed by atoms with Gasteiger partial charge in [0.25, 0.3) is 0 Å². The van der Waals surface area contributed by atoms with Crippen molar-refractivity contribution in [3.8, 4) is 5.75 Å². The fraction of sp³-hybridized carbons (Fsp3) is 0.176. The number of carbonyl (C=O) groups is 3. The molecule has 4 aromatic carbocycles. The van der Waals surface area contributed by atoms with Crippen LogP contribution in [0, 0.1) is 17.7 Å². The summed E-state index contributed by atoms with van der Waals surface area (Å²) in [5, 5.41) is 4.44. The minimum atomic E-state index is -1.11. The predicted molar refractivity (Wildman–Crippen MR) is 155 cm³/mol. The van der Waals surface area contributed by atoms with Crippen LogP contribution in [0.4, 0.5) is 10.1 Å². The number of nitrogens with zero attached hydrogens (tertiary/aromatic N) is 2. The maximum atomic E-state index is 14.3. The van der Waals surface area contributed by atoms with E-state index in [1.807, 2.05) is 60.7 Å². The lowest BCUT2D eigenvalue weighted by molar-refractivity contribution is -0.123. The fourth-order valence-electron chi connectivity index (χ4n) is 7.07. The van der Waals surface area contributed by atoms with Crippen molar-refractivity contribution in [3.63, 3.8) is 0 Å². The van der Waals surface area contributed by atoms with Crippen molar-refractivity contribution in [2.24, 2.45) is 16.9 Å². The van der Waals surface area contributed by atoms with E-state index in [4.69, 9.17) is 4.74 Å². The first-order chi connectivity index (χ1) is 20.4. The van der Waals surface area contributed by atoms with Crippen LogP contribution in [0.2, 0.25) is 0 Å². The molecule has 0 aromatic heterocycles. The van der Waals surface area contributed by atoms with E-state index in [9.17, 15) is 18.8 Å². The lowest BCUT2D eigenvalue weighted by Crippen LogP contribution is -2.54. The second kappa shape index (κ2) is 9.76. The quantitative estimate of drug-likeness (QED) is 0.210. The molecule has 7 nitrogen and oxygen atoms in total. The van der Waals surface area contributed by atoms with Gasteiger partial charge in [-0.1, -0.05) is 60.7 Å². The van der Waals surface area contributed by atoms with Gasteiger partial charge in [-0.05, 0) is 64.2 Å². The van der Waals surface area contributed by atoms with E-state index in [2.05, 4.69) is 10.5 Å². The number of amides is 3. The molecule has 8 rings (SSSR count). The third-order valence-electron chi connectivity index (χ3n) is 8.75. The largest absolute Gasteiger partial charge is 0.497 e. The van der Waals surface area contributed by atoms with Gasteiger partial charge < -0.3 is 4.74 Å². The van der Waals surface area contributed by atoms with Crippen molar-refractivity contribution in [3.05, 3.63) is 131 Å². The molecule has 4 aliphatic rings. The van der Waals surface area contributed by atoms with Crippen LogP contribution in [0.1, 0.15) is 33.7 Å². The number of benzene rings is 4. The summed E-state index contributed by atoms with van der Waals surface area (Å²) in [5.41, 5.74) is 6.33. The Morgan fingerprint density at radius 3 is 2.14 bits per heavy atom. The molecule has 8 heteroatoms. The van der Waals surface area contributed by atoms with Crippen LogP contribution in [-0.4, -0.2) is 31.0 Å². The van der Waals surface area contributed by atoms with Gasteiger partial charge in [0.2, 0.25) is 17.7 Å². The van der Waals surface area contributed by atoms with Gasteiger partial charge >= 0.3 is 0 Å². The van der Waals surface area contributed by atoms with E-state index in [1.165, 1.54) is 29.2 Å². The highest BCUT2D eigenvalue weighted by Crippen LogP contribution is 2.63. The highest BCUT2D eigenvalue weighted by molar-refractivity contribution is 6.25. The number of methoxy groups -OCH3 is 1. The van der Waals surface area contributed by atoms with Crippen LogP contribution < -0.4 is 15.1 Å². The summed E-state index contributed by atoms with van der Waals surface area (Å²) in [5.74, 6) is -2.60. The molecule has 42 heavy (non-hydrogen) atoms. The van der Waals surface area contributed by atoms with E-state index >= 15 is 0 Å². The average molecular weight is 560 g/mol. The highest BCUT2D eigenvalue weighted by Gasteiger charge is 2.68. The van der Waals surface area contributed by atoms with Crippen molar-refractivity contribution in [2.45, 2.75) is 17.8 Å². The molecule has 1 heterocycles. The minimum absolute atomic E-state index is 0.103. The first-order valence-electron chi connectivity index (χ1n) is 13.7. The Morgan fingerprint density at radius 2 is 1.52 bits per heavy atom. The monoisotopic (exact) mass is 559 g/mol. The Balaban J connectivity index is 1.32. The zero-order chi connectivity index (χ0) is 29.0. The molecule has 2 atom stereocenters. The molecule has 4 aromatic rings. The van der Waals surface area contributed by atoms with Crippen molar-refractivity contribution >= 4 is 29.6 Å². The molecule has 3 amide bonds. The van der Waals surface area contributed by atoms with Crippen LogP contribution in [0.15, 0.2) is 102 Å². The highest BCUT2D eigenvalue weighted by atomic mass is 19.1. The zero-order valence-electron chi connectivity index (χ0n) is 22.7. The topological polar surface area (TPSA) is 88.1 Å². The van der Waals surface area contributed by atoms with E-state index in [0.717, 1.165) is 27.8 Å². The molecule has 1 N–H and O–H groups in total. The van der Waals surface area contributed by atoms with Crippen molar-refractivity contribution in [1.29, 1.82) is 0 Å². The van der Waals surface area contributed by atoms with Crippen LogP contribution in [0.25, 0.3) is 0 Å². The van der Waals surface area contributed by atoms with Crippen molar-refractivity contribution in [1.82, 2.24) is 5.43 Å². The van der Waals surface area contributed by atoms with Gasteiger partial charge in [-0.3, -0.25) is 14.4 Å². The standard InChI is InChI=1S/C34H26FN3O4/c1-42-23-16-10-20(11-17-23)18-28(39)37-36-19-34-26-8-4-2-6-24(26)29(25-7-3-5-9-27(25)34)30-31(34)33(41)38(32(30)40)22-14-12-21(35)13-15-22/h2-17,19,29-31H,18H2,1H3,(H,37,39)/b36-19-/t29?,30-,31-,34?/m0/s1. The Morgan fingerprint density at radius 1 is 0.905 bits per heavy atom. The number of rotatable bonds is 6. The summed E-state index contributed by atoms with van der Waals surface area (Å²) in [4.78, 5) is 42.5. The van der Waals surface area contributed by atoms with Crippen LogP contribution in [0.3, 0.4) is 0 Å². The molecular formula is C34H26FN3O4. The van der Waals surface area contributed by atoms with Gasteiger partial charge in [0.15, 0.2) is 0 Å². The molecule has 1 fully saturated rings. The van der Waals surface area contributed by atoms with Gasteiger partial charge in [-0.15, -0.1) is 0 Å². The second-order valence-corrected chi connectivity index (χ2v) is 10.8. The van der Waals surface area contributed by atoms with Gasteiger partial charge in [0.05, 0.1) is 36.5 Å². The maximum absolute atomic E-state index is 14.3. The average Bonchev–Trinajstić information content (AvgIpc) is 3.28. The number of ether oxygens (including phenoxy) is 1. The van der Waals surface area contributed by atoms with E-state index in [0.29, 0.717) is 11.4 Å². The summed E-state index contributed by atoms with van der Waals surface area (Å²) in [6.45, 7) is 0. The van der Waals surface area contributed by atoms with Gasteiger partial charge in [-0.2, -0.15) is 5.10 Å². The first kappa shape index (κ1) is 25.8. The van der Waals surface area contributed by atoms with Crippen LogP contribution >= 0.6 is 0 Å². The number of anilines is 1. The molecule has 0 spiro atoms. The number of hydrogen-bond acceptors (Lipinski definition) is 5. The number of nitrogens with one attached hydrogen (secondary N) is 1. The molecule has 0 radical (unpaired) electrons. The second-order valence-electron chi connectivity index (χ2n) is 10.8. The molecule has 2 bridgehead atoms. The smallest absolute Gasteiger partial charge is 0.244 e. The summed E-state index contributed by atoms with van der Waals surface area (Å²) < 4.78 is 18.9. The van der Waals surface area contributed by atoms with E-state index in [-0.39, 0.29) is 30.1 Å². The third kappa shape index (κ3) is 3.71. The minimum Gasteiger partial charge on any atom is -0.497 e. The number of carbonyl (C=O) groups excluding carboxylic acids is 3. The van der Waals surface area contributed by atoms with E-state index < -0.39 is 23.1 Å². The molecular weight excluding hydrogens is 533 g/mol. The predicted octanol–water partition coefficient (Wildman–Crippen LogP) is 4.73. The van der Waals surface area contributed by atoms with Crippen LogP contribution in [0.5, 0.6) is 5.75 Å². The molecule has 1 aliphatic heterocycles. The molecule has 3 aliphatic carbocycles. The Kier molecular flexibility index (Phi) is 6.01. The van der Waals surface area contributed by atoms with Crippen molar-refractivity contribution < 1.29 is 23.5 Å². The fourth-order valence-corrected chi connectivity index (χ4v) is 7.07.